The lowest BCUT2D eigenvalue weighted by Crippen LogP contribution is -2.38. The first-order valence-corrected chi connectivity index (χ1v) is 7.10. The lowest BCUT2D eigenvalue weighted by molar-refractivity contribution is -0.275. The molecule has 21 heavy (non-hydrogen) atoms. The van der Waals surface area contributed by atoms with E-state index >= 15 is 0 Å². The largest absolute Gasteiger partial charge is 0.573 e. The Bertz CT molecular complexity index is 474. The van der Waals surface area contributed by atoms with Gasteiger partial charge in [0.25, 0.3) is 0 Å². The Morgan fingerprint density at radius 2 is 1.95 bits per heavy atom. The number of benzene rings is 1. The lowest BCUT2D eigenvalue weighted by Gasteiger charge is -2.33. The molecule has 0 radical (unpaired) electrons. The molecule has 0 heterocycles. The summed E-state index contributed by atoms with van der Waals surface area (Å²) >= 11 is 0. The third-order valence-corrected chi connectivity index (χ3v) is 4.17. The van der Waals surface area contributed by atoms with Crippen molar-refractivity contribution in [3.8, 4) is 5.75 Å². The van der Waals surface area contributed by atoms with E-state index in [1.165, 1.54) is 25.0 Å². The molecule has 1 aromatic carbocycles. The van der Waals surface area contributed by atoms with Crippen molar-refractivity contribution in [3.05, 3.63) is 29.8 Å². The van der Waals surface area contributed by atoms with Crippen LogP contribution in [0, 0.1) is 5.92 Å². The van der Waals surface area contributed by atoms with Gasteiger partial charge in [-0.2, -0.15) is 0 Å². The van der Waals surface area contributed by atoms with Gasteiger partial charge in [0, 0.05) is 18.2 Å². The third kappa shape index (κ3) is 4.11. The van der Waals surface area contributed by atoms with Gasteiger partial charge in [-0.25, -0.2) is 0 Å². The first-order valence-electron chi connectivity index (χ1n) is 7.10. The van der Waals surface area contributed by atoms with Crippen LogP contribution in [0.3, 0.4) is 0 Å². The van der Waals surface area contributed by atoms with Crippen molar-refractivity contribution in [3.63, 3.8) is 0 Å². The van der Waals surface area contributed by atoms with Gasteiger partial charge in [0.05, 0.1) is 6.04 Å². The van der Waals surface area contributed by atoms with Crippen LogP contribution >= 0.6 is 0 Å². The predicted molar refractivity (Wildman–Crippen MR) is 74.9 cm³/mol. The SMILES string of the molecule is CC(C1CC1)N(C)C(CN)c1ccccc1OC(F)(F)F. The molecule has 1 aliphatic carbocycles. The summed E-state index contributed by atoms with van der Waals surface area (Å²) in [7, 11) is 1.91. The van der Waals surface area contributed by atoms with Crippen LogP contribution in [-0.4, -0.2) is 30.9 Å². The van der Waals surface area contributed by atoms with Crippen molar-refractivity contribution in [1.82, 2.24) is 4.90 Å². The number of halogens is 3. The zero-order chi connectivity index (χ0) is 15.6. The molecular weight excluding hydrogens is 281 g/mol. The monoisotopic (exact) mass is 302 g/mol. The molecule has 2 rings (SSSR count). The van der Waals surface area contributed by atoms with E-state index in [0.717, 1.165) is 0 Å². The maximum Gasteiger partial charge on any atom is 0.573 e. The summed E-state index contributed by atoms with van der Waals surface area (Å²) in [6, 6.07) is 6.21. The first-order chi connectivity index (χ1) is 9.83. The Morgan fingerprint density at radius 1 is 1.33 bits per heavy atom. The van der Waals surface area contributed by atoms with Crippen LogP contribution in [-0.2, 0) is 0 Å². The molecule has 3 nitrogen and oxygen atoms in total. The minimum Gasteiger partial charge on any atom is -0.405 e. The summed E-state index contributed by atoms with van der Waals surface area (Å²) in [6.07, 6.45) is -2.36. The van der Waals surface area contributed by atoms with Gasteiger partial charge >= 0.3 is 6.36 Å². The smallest absolute Gasteiger partial charge is 0.405 e. The van der Waals surface area contributed by atoms with Crippen molar-refractivity contribution in [2.24, 2.45) is 11.7 Å². The second-order valence-corrected chi connectivity index (χ2v) is 5.58. The van der Waals surface area contributed by atoms with E-state index in [9.17, 15) is 13.2 Å². The summed E-state index contributed by atoms with van der Waals surface area (Å²) in [6.45, 7) is 2.33. The molecule has 0 amide bonds. The van der Waals surface area contributed by atoms with E-state index in [1.807, 2.05) is 7.05 Å². The van der Waals surface area contributed by atoms with Crippen molar-refractivity contribution < 1.29 is 17.9 Å². The molecule has 0 bridgehead atoms. The number of nitrogens with zero attached hydrogens (tertiary/aromatic N) is 1. The number of para-hydroxylation sites is 1. The van der Waals surface area contributed by atoms with Gasteiger partial charge in [0.1, 0.15) is 5.75 Å². The first kappa shape index (κ1) is 16.1. The Kier molecular flexibility index (Phi) is 4.78. The van der Waals surface area contributed by atoms with Crippen LogP contribution in [0.1, 0.15) is 31.4 Å². The second-order valence-electron chi connectivity index (χ2n) is 5.58. The highest BCUT2D eigenvalue weighted by atomic mass is 19.4. The van der Waals surface area contributed by atoms with Crippen molar-refractivity contribution in [2.75, 3.05) is 13.6 Å². The summed E-state index contributed by atoms with van der Waals surface area (Å²) in [5.74, 6) is 0.440. The van der Waals surface area contributed by atoms with E-state index in [4.69, 9.17) is 5.73 Å². The number of rotatable bonds is 6. The van der Waals surface area contributed by atoms with E-state index < -0.39 is 6.36 Å². The molecule has 6 heteroatoms. The van der Waals surface area contributed by atoms with Crippen LogP contribution in [0.2, 0.25) is 0 Å². The van der Waals surface area contributed by atoms with Gasteiger partial charge in [0.2, 0.25) is 0 Å². The van der Waals surface area contributed by atoms with E-state index in [2.05, 4.69) is 16.6 Å². The Labute approximate surface area is 122 Å². The predicted octanol–water partition coefficient (Wildman–Crippen LogP) is 3.32. The van der Waals surface area contributed by atoms with Crippen molar-refractivity contribution >= 4 is 0 Å². The number of hydrogen-bond donors (Lipinski definition) is 1. The minimum absolute atomic E-state index is 0.171. The molecular formula is C15H21F3N2O. The van der Waals surface area contributed by atoms with E-state index in [0.29, 0.717) is 11.5 Å². The van der Waals surface area contributed by atoms with E-state index in [-0.39, 0.29) is 24.4 Å². The van der Waals surface area contributed by atoms with Gasteiger partial charge < -0.3 is 10.5 Å². The molecule has 1 fully saturated rings. The normalized spacial score (nSPS) is 18.6. The van der Waals surface area contributed by atoms with Crippen LogP contribution in [0.25, 0.3) is 0 Å². The van der Waals surface area contributed by atoms with Gasteiger partial charge in [-0.1, -0.05) is 18.2 Å². The van der Waals surface area contributed by atoms with Crippen LogP contribution in [0.5, 0.6) is 5.75 Å². The molecule has 1 aromatic rings. The van der Waals surface area contributed by atoms with Gasteiger partial charge in [-0.15, -0.1) is 13.2 Å². The van der Waals surface area contributed by atoms with Gasteiger partial charge in [-0.05, 0) is 38.8 Å². The van der Waals surface area contributed by atoms with Crippen LogP contribution in [0.15, 0.2) is 24.3 Å². The Balaban J connectivity index is 2.24. The lowest BCUT2D eigenvalue weighted by atomic mass is 10.0. The summed E-state index contributed by atoms with van der Waals surface area (Å²) in [5.41, 5.74) is 6.30. The average Bonchev–Trinajstić information content (AvgIpc) is 3.23. The van der Waals surface area contributed by atoms with Gasteiger partial charge in [0.15, 0.2) is 0 Å². The fourth-order valence-corrected chi connectivity index (χ4v) is 2.68. The topological polar surface area (TPSA) is 38.5 Å². The van der Waals surface area contributed by atoms with Crippen LogP contribution < -0.4 is 10.5 Å². The fourth-order valence-electron chi connectivity index (χ4n) is 2.68. The molecule has 2 unspecified atom stereocenters. The molecule has 0 saturated heterocycles. The molecule has 0 spiro atoms. The fraction of sp³-hybridized carbons (Fsp3) is 0.600. The Morgan fingerprint density at radius 3 is 2.48 bits per heavy atom. The number of likely N-dealkylation sites (N-methyl/N-ethyl adjacent to an activating group) is 1. The summed E-state index contributed by atoms with van der Waals surface area (Å²) < 4.78 is 41.7. The maximum atomic E-state index is 12.5. The molecule has 0 aliphatic heterocycles. The summed E-state index contributed by atoms with van der Waals surface area (Å²) in [4.78, 5) is 2.05. The highest BCUT2D eigenvalue weighted by Gasteiger charge is 2.36. The average molecular weight is 302 g/mol. The van der Waals surface area contributed by atoms with Crippen LogP contribution in [0.4, 0.5) is 13.2 Å². The molecule has 1 aliphatic rings. The zero-order valence-electron chi connectivity index (χ0n) is 12.2. The number of hydrogen-bond acceptors (Lipinski definition) is 3. The van der Waals surface area contributed by atoms with E-state index in [1.54, 1.807) is 12.1 Å². The van der Waals surface area contributed by atoms with Crippen molar-refractivity contribution in [1.29, 1.82) is 0 Å². The number of nitrogens with two attached hydrogens (primary N) is 1. The van der Waals surface area contributed by atoms with Crippen molar-refractivity contribution in [2.45, 2.75) is 38.2 Å². The maximum absolute atomic E-state index is 12.5. The van der Waals surface area contributed by atoms with Gasteiger partial charge in [-0.3, -0.25) is 4.90 Å². The zero-order valence-corrected chi connectivity index (χ0v) is 12.2. The molecule has 118 valence electrons. The molecule has 2 N–H and O–H groups in total. The highest BCUT2D eigenvalue weighted by molar-refractivity contribution is 5.36. The number of ether oxygens (including phenoxy) is 1. The molecule has 1 saturated carbocycles. The highest BCUT2D eigenvalue weighted by Crippen LogP contribution is 2.39. The second kappa shape index (κ2) is 6.23. The quantitative estimate of drug-likeness (QED) is 0.876. The Hall–Kier alpha value is -1.27. The number of alkyl halides is 3. The summed E-state index contributed by atoms with van der Waals surface area (Å²) in [5, 5.41) is 0. The molecule has 0 aromatic heterocycles. The standard InChI is InChI=1S/C15H21F3N2O/c1-10(11-7-8-11)20(2)13(9-19)12-5-3-4-6-14(12)21-15(16,17)18/h3-6,10-11,13H,7-9,19H2,1-2H3. The third-order valence-electron chi connectivity index (χ3n) is 4.17. The minimum atomic E-state index is -4.70. The molecule has 2 atom stereocenters.